The first kappa shape index (κ1) is 21.7. The summed E-state index contributed by atoms with van der Waals surface area (Å²) < 4.78 is 0. The molecule has 0 aliphatic carbocycles. The van der Waals surface area contributed by atoms with Gasteiger partial charge in [0.25, 0.3) is 0 Å². The Hall–Kier alpha value is -1.32. The summed E-state index contributed by atoms with van der Waals surface area (Å²) >= 11 is 0. The molecule has 0 unspecified atom stereocenters. The second-order valence-corrected chi connectivity index (χ2v) is 6.35. The van der Waals surface area contributed by atoms with Crippen LogP contribution in [0.2, 0.25) is 0 Å². The van der Waals surface area contributed by atoms with E-state index in [1.165, 1.54) is 57.8 Å². The van der Waals surface area contributed by atoms with E-state index in [1.807, 2.05) is 6.08 Å². The maximum Gasteiger partial charge on any atom is 0.303 e. The van der Waals surface area contributed by atoms with Crippen molar-refractivity contribution < 1.29 is 19.8 Å². The predicted octanol–water partition coefficient (Wildman–Crippen LogP) is 5.42. The third-order valence-electron chi connectivity index (χ3n) is 4.01. The van der Waals surface area contributed by atoms with E-state index in [4.69, 9.17) is 10.2 Å². The first-order chi connectivity index (χ1) is 11.1. The maximum atomic E-state index is 10.7. The lowest BCUT2D eigenvalue weighted by atomic mass is 10.00. The van der Waals surface area contributed by atoms with Crippen molar-refractivity contribution in [1.29, 1.82) is 0 Å². The molecule has 134 valence electrons. The van der Waals surface area contributed by atoms with Crippen LogP contribution in [0, 0.1) is 5.92 Å². The second-order valence-electron chi connectivity index (χ2n) is 6.35. The summed E-state index contributed by atoms with van der Waals surface area (Å²) in [6.07, 6.45) is 17.3. The Morgan fingerprint density at radius 1 is 0.783 bits per heavy atom. The van der Waals surface area contributed by atoms with E-state index < -0.39 is 17.9 Å². The third kappa shape index (κ3) is 16.9. The van der Waals surface area contributed by atoms with Crippen molar-refractivity contribution in [2.24, 2.45) is 5.92 Å². The highest BCUT2D eigenvalue weighted by molar-refractivity contribution is 5.71. The van der Waals surface area contributed by atoms with Gasteiger partial charge in [-0.1, -0.05) is 76.9 Å². The molecular formula is C19H34O4. The molecule has 0 spiro atoms. The van der Waals surface area contributed by atoms with Crippen LogP contribution in [0.5, 0.6) is 0 Å². The Morgan fingerprint density at radius 3 is 1.65 bits per heavy atom. The van der Waals surface area contributed by atoms with Crippen LogP contribution < -0.4 is 0 Å². The Balaban J connectivity index is 3.56. The topological polar surface area (TPSA) is 74.6 Å². The molecule has 0 aliphatic rings. The molecular weight excluding hydrogens is 292 g/mol. The van der Waals surface area contributed by atoms with E-state index in [-0.39, 0.29) is 12.8 Å². The first-order valence-corrected chi connectivity index (χ1v) is 9.16. The maximum absolute atomic E-state index is 10.7. The van der Waals surface area contributed by atoms with Gasteiger partial charge < -0.3 is 10.2 Å². The van der Waals surface area contributed by atoms with Gasteiger partial charge in [-0.15, -0.1) is 0 Å². The average molecular weight is 326 g/mol. The number of carbonyl (C=O) groups is 2. The van der Waals surface area contributed by atoms with Crippen LogP contribution in [-0.2, 0) is 9.59 Å². The van der Waals surface area contributed by atoms with Crippen molar-refractivity contribution in [3.63, 3.8) is 0 Å². The molecule has 0 fully saturated rings. The molecule has 4 heteroatoms. The summed E-state index contributed by atoms with van der Waals surface area (Å²) in [5.41, 5.74) is 0. The monoisotopic (exact) mass is 326 g/mol. The molecule has 0 saturated heterocycles. The highest BCUT2D eigenvalue weighted by Crippen LogP contribution is 2.14. The van der Waals surface area contributed by atoms with Crippen molar-refractivity contribution in [1.82, 2.24) is 0 Å². The number of allylic oxidation sites excluding steroid dienone is 2. The number of carboxylic acid groups (broad SMARTS) is 2. The van der Waals surface area contributed by atoms with E-state index in [2.05, 4.69) is 6.92 Å². The van der Waals surface area contributed by atoms with Gasteiger partial charge in [-0.05, 0) is 18.8 Å². The van der Waals surface area contributed by atoms with Crippen LogP contribution in [0.4, 0.5) is 0 Å². The van der Waals surface area contributed by atoms with Gasteiger partial charge in [-0.2, -0.15) is 0 Å². The lowest BCUT2D eigenvalue weighted by Gasteiger charge is -2.06. The van der Waals surface area contributed by atoms with Crippen LogP contribution in [0.3, 0.4) is 0 Å². The molecule has 0 atom stereocenters. The van der Waals surface area contributed by atoms with Crippen LogP contribution in [0.15, 0.2) is 12.2 Å². The molecule has 0 radical (unpaired) electrons. The van der Waals surface area contributed by atoms with Crippen LogP contribution in [-0.4, -0.2) is 22.2 Å². The average Bonchev–Trinajstić information content (AvgIpc) is 2.47. The number of hydrogen-bond donors (Lipinski definition) is 2. The van der Waals surface area contributed by atoms with Crippen molar-refractivity contribution in [3.05, 3.63) is 12.2 Å². The Morgan fingerprint density at radius 2 is 1.22 bits per heavy atom. The fourth-order valence-corrected chi connectivity index (χ4v) is 2.70. The Kier molecular flexibility index (Phi) is 14.7. The SMILES string of the molecule is CCCCCCCCCCCCC=CC(CC(=O)O)CC(=O)O. The summed E-state index contributed by atoms with van der Waals surface area (Å²) in [6.45, 7) is 2.24. The quantitative estimate of drug-likeness (QED) is 0.293. The van der Waals surface area contributed by atoms with Crippen molar-refractivity contribution in [3.8, 4) is 0 Å². The number of aliphatic carboxylic acids is 2. The fourth-order valence-electron chi connectivity index (χ4n) is 2.70. The third-order valence-corrected chi connectivity index (χ3v) is 4.01. The molecule has 0 rings (SSSR count). The van der Waals surface area contributed by atoms with Gasteiger partial charge >= 0.3 is 11.9 Å². The molecule has 0 saturated carbocycles. The Labute approximate surface area is 141 Å². The highest BCUT2D eigenvalue weighted by Gasteiger charge is 2.13. The van der Waals surface area contributed by atoms with Gasteiger partial charge in [0.05, 0.1) is 12.8 Å². The summed E-state index contributed by atoms with van der Waals surface area (Å²) in [5, 5.41) is 17.5. The van der Waals surface area contributed by atoms with Crippen LogP contribution in [0.1, 0.15) is 90.4 Å². The number of carboxylic acids is 2. The van der Waals surface area contributed by atoms with Crippen molar-refractivity contribution in [2.75, 3.05) is 0 Å². The Bertz CT molecular complexity index is 320. The van der Waals surface area contributed by atoms with Gasteiger partial charge in [-0.3, -0.25) is 9.59 Å². The summed E-state index contributed by atoms with van der Waals surface area (Å²) in [6, 6.07) is 0. The zero-order valence-electron chi connectivity index (χ0n) is 14.6. The van der Waals surface area contributed by atoms with E-state index >= 15 is 0 Å². The number of rotatable bonds is 16. The van der Waals surface area contributed by atoms with Gasteiger partial charge in [-0.25, -0.2) is 0 Å². The molecule has 0 aromatic carbocycles. The zero-order chi connectivity index (χ0) is 17.3. The van der Waals surface area contributed by atoms with Gasteiger partial charge in [0.2, 0.25) is 0 Å². The molecule has 0 aliphatic heterocycles. The molecule has 23 heavy (non-hydrogen) atoms. The number of unbranched alkanes of at least 4 members (excludes halogenated alkanes) is 10. The van der Waals surface area contributed by atoms with E-state index in [1.54, 1.807) is 6.08 Å². The normalized spacial score (nSPS) is 11.4. The predicted molar refractivity (Wildman–Crippen MR) is 93.6 cm³/mol. The fraction of sp³-hybridized carbons (Fsp3) is 0.789. The molecule has 0 aromatic heterocycles. The summed E-state index contributed by atoms with van der Waals surface area (Å²) in [5.74, 6) is -2.28. The van der Waals surface area contributed by atoms with Gasteiger partial charge in [0.1, 0.15) is 0 Å². The first-order valence-electron chi connectivity index (χ1n) is 9.16. The largest absolute Gasteiger partial charge is 0.481 e. The van der Waals surface area contributed by atoms with E-state index in [0.717, 1.165) is 12.8 Å². The minimum Gasteiger partial charge on any atom is -0.481 e. The molecule has 0 bridgehead atoms. The van der Waals surface area contributed by atoms with Crippen molar-refractivity contribution in [2.45, 2.75) is 90.4 Å². The smallest absolute Gasteiger partial charge is 0.303 e. The van der Waals surface area contributed by atoms with Crippen LogP contribution in [0.25, 0.3) is 0 Å². The zero-order valence-corrected chi connectivity index (χ0v) is 14.6. The number of hydrogen-bond acceptors (Lipinski definition) is 2. The molecule has 0 amide bonds. The summed E-state index contributed by atoms with van der Waals surface area (Å²) in [7, 11) is 0. The van der Waals surface area contributed by atoms with Crippen LogP contribution >= 0.6 is 0 Å². The minimum atomic E-state index is -0.945. The van der Waals surface area contributed by atoms with E-state index in [9.17, 15) is 9.59 Å². The molecule has 2 N–H and O–H groups in total. The van der Waals surface area contributed by atoms with Crippen molar-refractivity contribution >= 4 is 11.9 Å². The molecule has 4 nitrogen and oxygen atoms in total. The van der Waals surface area contributed by atoms with Gasteiger partial charge in [0, 0.05) is 0 Å². The van der Waals surface area contributed by atoms with E-state index in [0.29, 0.717) is 0 Å². The molecule has 0 aromatic rings. The lowest BCUT2D eigenvalue weighted by molar-refractivity contribution is -0.139. The van der Waals surface area contributed by atoms with Gasteiger partial charge in [0.15, 0.2) is 0 Å². The minimum absolute atomic E-state index is 0.110. The highest BCUT2D eigenvalue weighted by atomic mass is 16.4. The summed E-state index contributed by atoms with van der Waals surface area (Å²) in [4.78, 5) is 21.4. The molecule has 0 heterocycles. The standard InChI is InChI=1S/C19H34O4/c1-2-3-4-5-6-7-8-9-10-11-12-13-14-17(15-18(20)21)16-19(22)23/h13-14,17H,2-12,15-16H2,1H3,(H,20,21)(H,22,23). The second kappa shape index (κ2) is 15.6. The lowest BCUT2D eigenvalue weighted by Crippen LogP contribution is -2.10.